The van der Waals surface area contributed by atoms with Crippen LogP contribution in [0.3, 0.4) is 0 Å². The lowest BCUT2D eigenvalue weighted by Crippen LogP contribution is -2.52. The van der Waals surface area contributed by atoms with Crippen LogP contribution in [-0.4, -0.2) is 59.6 Å². The fourth-order valence-corrected chi connectivity index (χ4v) is 3.00. The predicted molar refractivity (Wildman–Crippen MR) is 84.5 cm³/mol. The number of benzene rings is 1. The normalized spacial score (nSPS) is 17.8. The van der Waals surface area contributed by atoms with Crippen LogP contribution in [0, 0.1) is 0 Å². The Morgan fingerprint density at radius 3 is 2.43 bits per heavy atom. The van der Waals surface area contributed by atoms with Crippen molar-refractivity contribution in [3.63, 3.8) is 0 Å². The number of aliphatic hydroxyl groups is 1. The van der Waals surface area contributed by atoms with E-state index in [2.05, 4.69) is 18.7 Å². The summed E-state index contributed by atoms with van der Waals surface area (Å²) in [4.78, 5) is 16.9. The molecule has 1 saturated heterocycles. The maximum atomic E-state index is 12.7. The Morgan fingerprint density at radius 2 is 1.86 bits per heavy atom. The second-order valence-electron chi connectivity index (χ2n) is 5.58. The Labute approximate surface area is 127 Å². The fourth-order valence-electron chi connectivity index (χ4n) is 3.00. The number of aryl methyl sites for hydroxylation is 1. The van der Waals surface area contributed by atoms with E-state index in [1.54, 1.807) is 0 Å². The minimum atomic E-state index is 0.143. The molecule has 0 saturated carbocycles. The van der Waals surface area contributed by atoms with E-state index >= 15 is 0 Å². The first-order valence-corrected chi connectivity index (χ1v) is 7.93. The molecule has 1 fully saturated rings. The highest BCUT2D eigenvalue weighted by Gasteiger charge is 2.26. The highest BCUT2D eigenvalue weighted by atomic mass is 16.3. The molecule has 0 radical (unpaired) electrons. The van der Waals surface area contributed by atoms with Crippen LogP contribution in [0.15, 0.2) is 24.3 Å². The number of amides is 1. The molecule has 0 spiro atoms. The van der Waals surface area contributed by atoms with Crippen molar-refractivity contribution in [2.75, 3.05) is 32.8 Å². The quantitative estimate of drug-likeness (QED) is 0.899. The van der Waals surface area contributed by atoms with Crippen molar-refractivity contribution in [3.05, 3.63) is 35.4 Å². The van der Waals surface area contributed by atoms with E-state index in [4.69, 9.17) is 0 Å². The zero-order valence-electron chi connectivity index (χ0n) is 13.1. The number of carbonyl (C=O) groups is 1. The molecule has 1 aliphatic rings. The minimum Gasteiger partial charge on any atom is -0.395 e. The van der Waals surface area contributed by atoms with E-state index in [9.17, 15) is 9.90 Å². The maximum absolute atomic E-state index is 12.7. The van der Waals surface area contributed by atoms with Gasteiger partial charge in [-0.3, -0.25) is 9.69 Å². The van der Waals surface area contributed by atoms with Crippen LogP contribution >= 0.6 is 0 Å². The lowest BCUT2D eigenvalue weighted by molar-refractivity contribution is 0.0471. The molecule has 4 heteroatoms. The largest absolute Gasteiger partial charge is 0.395 e. The zero-order chi connectivity index (χ0) is 15.2. The summed E-state index contributed by atoms with van der Waals surface area (Å²) in [6.07, 6.45) is 1.83. The van der Waals surface area contributed by atoms with Crippen LogP contribution in [0.4, 0.5) is 0 Å². The third-order valence-electron chi connectivity index (χ3n) is 4.43. The first kappa shape index (κ1) is 16.0. The van der Waals surface area contributed by atoms with Gasteiger partial charge in [0.2, 0.25) is 0 Å². The van der Waals surface area contributed by atoms with E-state index in [0.29, 0.717) is 0 Å². The molecular formula is C17H26N2O2. The van der Waals surface area contributed by atoms with Crippen molar-refractivity contribution < 1.29 is 9.90 Å². The molecule has 1 heterocycles. The summed E-state index contributed by atoms with van der Waals surface area (Å²) in [6.45, 7) is 7.55. The Balaban J connectivity index is 2.00. The number of carbonyl (C=O) groups excluding carboxylic acids is 1. The van der Waals surface area contributed by atoms with Gasteiger partial charge >= 0.3 is 0 Å². The number of aliphatic hydroxyl groups excluding tert-OH is 1. The van der Waals surface area contributed by atoms with E-state index in [1.807, 2.05) is 29.2 Å². The SMILES string of the molecule is CCc1ccccc1C(=O)N1CCN([C@H](CC)CO)CC1. The molecule has 1 aliphatic heterocycles. The van der Waals surface area contributed by atoms with Crippen molar-refractivity contribution in [2.24, 2.45) is 0 Å². The number of hydrogen-bond donors (Lipinski definition) is 1. The standard InChI is InChI=1S/C17H26N2O2/c1-3-14-7-5-6-8-16(14)17(21)19-11-9-18(10-12-19)15(4-2)13-20/h5-8,15,20H,3-4,9-13H2,1-2H3/t15-/m1/s1. The molecule has 0 bridgehead atoms. The van der Waals surface area contributed by atoms with Crippen LogP contribution in [0.1, 0.15) is 36.2 Å². The monoisotopic (exact) mass is 290 g/mol. The van der Waals surface area contributed by atoms with Gasteiger partial charge in [-0.05, 0) is 24.5 Å². The molecule has 116 valence electrons. The highest BCUT2D eigenvalue weighted by Crippen LogP contribution is 2.15. The average Bonchev–Trinajstić information content (AvgIpc) is 2.56. The minimum absolute atomic E-state index is 0.143. The number of rotatable bonds is 5. The van der Waals surface area contributed by atoms with Crippen molar-refractivity contribution in [1.82, 2.24) is 9.80 Å². The van der Waals surface area contributed by atoms with Crippen LogP contribution in [0.25, 0.3) is 0 Å². The van der Waals surface area contributed by atoms with E-state index in [0.717, 1.165) is 50.1 Å². The number of hydrogen-bond acceptors (Lipinski definition) is 3. The maximum Gasteiger partial charge on any atom is 0.254 e. The van der Waals surface area contributed by atoms with Crippen molar-refractivity contribution >= 4 is 5.91 Å². The first-order valence-electron chi connectivity index (χ1n) is 7.93. The molecular weight excluding hydrogens is 264 g/mol. The molecule has 1 aromatic carbocycles. The van der Waals surface area contributed by atoms with Gasteiger partial charge in [-0.25, -0.2) is 0 Å². The van der Waals surface area contributed by atoms with Gasteiger partial charge in [-0.15, -0.1) is 0 Å². The van der Waals surface area contributed by atoms with Gasteiger partial charge in [-0.1, -0.05) is 32.0 Å². The molecule has 21 heavy (non-hydrogen) atoms. The molecule has 0 unspecified atom stereocenters. The van der Waals surface area contributed by atoms with Crippen LogP contribution in [0.5, 0.6) is 0 Å². The van der Waals surface area contributed by atoms with Gasteiger partial charge in [-0.2, -0.15) is 0 Å². The van der Waals surface area contributed by atoms with E-state index in [-0.39, 0.29) is 18.6 Å². The second kappa shape index (κ2) is 7.57. The van der Waals surface area contributed by atoms with E-state index < -0.39 is 0 Å². The fraction of sp³-hybridized carbons (Fsp3) is 0.588. The average molecular weight is 290 g/mol. The Bertz CT molecular complexity index is 464. The summed E-state index contributed by atoms with van der Waals surface area (Å²) in [6, 6.07) is 8.10. The second-order valence-corrected chi connectivity index (χ2v) is 5.58. The third-order valence-corrected chi connectivity index (χ3v) is 4.43. The van der Waals surface area contributed by atoms with Crippen molar-refractivity contribution in [1.29, 1.82) is 0 Å². The number of piperazine rings is 1. The van der Waals surface area contributed by atoms with Crippen molar-refractivity contribution in [2.45, 2.75) is 32.7 Å². The van der Waals surface area contributed by atoms with Crippen LogP contribution in [0.2, 0.25) is 0 Å². The molecule has 4 nitrogen and oxygen atoms in total. The lowest BCUT2D eigenvalue weighted by Gasteiger charge is -2.38. The van der Waals surface area contributed by atoms with Crippen LogP contribution in [-0.2, 0) is 6.42 Å². The zero-order valence-corrected chi connectivity index (χ0v) is 13.1. The molecule has 1 amide bonds. The van der Waals surface area contributed by atoms with Gasteiger partial charge in [0.25, 0.3) is 5.91 Å². The molecule has 1 aromatic rings. The predicted octanol–water partition coefficient (Wildman–Crippen LogP) is 1.78. The summed E-state index contributed by atoms with van der Waals surface area (Å²) >= 11 is 0. The Morgan fingerprint density at radius 1 is 1.19 bits per heavy atom. The van der Waals surface area contributed by atoms with E-state index in [1.165, 1.54) is 0 Å². The molecule has 1 N–H and O–H groups in total. The summed E-state index contributed by atoms with van der Waals surface area (Å²) in [5, 5.41) is 9.38. The summed E-state index contributed by atoms with van der Waals surface area (Å²) in [5.74, 6) is 0.143. The van der Waals surface area contributed by atoms with Gasteiger partial charge in [0.1, 0.15) is 0 Å². The van der Waals surface area contributed by atoms with Gasteiger partial charge in [0.15, 0.2) is 0 Å². The molecule has 2 rings (SSSR count). The molecule has 1 atom stereocenters. The topological polar surface area (TPSA) is 43.8 Å². The first-order chi connectivity index (χ1) is 10.2. The lowest BCUT2D eigenvalue weighted by atomic mass is 10.0. The van der Waals surface area contributed by atoms with Crippen molar-refractivity contribution in [3.8, 4) is 0 Å². The highest BCUT2D eigenvalue weighted by molar-refractivity contribution is 5.95. The third kappa shape index (κ3) is 3.63. The van der Waals surface area contributed by atoms with Gasteiger partial charge in [0.05, 0.1) is 6.61 Å². The van der Waals surface area contributed by atoms with Crippen LogP contribution < -0.4 is 0 Å². The summed E-state index contributed by atoms with van der Waals surface area (Å²) in [7, 11) is 0. The Hall–Kier alpha value is -1.39. The number of nitrogens with zero attached hydrogens (tertiary/aromatic N) is 2. The Kier molecular flexibility index (Phi) is 5.76. The summed E-state index contributed by atoms with van der Waals surface area (Å²) < 4.78 is 0. The molecule has 0 aromatic heterocycles. The smallest absolute Gasteiger partial charge is 0.254 e. The van der Waals surface area contributed by atoms with Gasteiger partial charge in [0, 0.05) is 37.8 Å². The van der Waals surface area contributed by atoms with Gasteiger partial charge < -0.3 is 10.0 Å². The summed E-state index contributed by atoms with van der Waals surface area (Å²) in [5.41, 5.74) is 1.95. The molecule has 0 aliphatic carbocycles.